The quantitative estimate of drug-likeness (QED) is 0.552. The first-order valence-corrected chi connectivity index (χ1v) is 12.4. The maximum atomic E-state index is 15.1. The number of aliphatic hydroxyl groups excluding tert-OH is 2. The monoisotopic (exact) mass is 493 g/mol. The number of sulfonamides is 1. The zero-order valence-electron chi connectivity index (χ0n) is 19.1. The van der Waals surface area contributed by atoms with Gasteiger partial charge in [-0.05, 0) is 44.4 Å². The van der Waals surface area contributed by atoms with Crippen molar-refractivity contribution in [2.45, 2.75) is 56.2 Å². The number of rotatable bonds is 8. The summed E-state index contributed by atoms with van der Waals surface area (Å²) in [5.41, 5.74) is -0.939. The van der Waals surface area contributed by atoms with E-state index in [-0.39, 0.29) is 17.7 Å². The molecule has 2 N–H and O–H groups in total. The molecule has 34 heavy (non-hydrogen) atoms. The van der Waals surface area contributed by atoms with Crippen LogP contribution in [0.2, 0.25) is 0 Å². The highest BCUT2D eigenvalue weighted by molar-refractivity contribution is 7.89. The molecular formula is C25H29F2NO5S. The van der Waals surface area contributed by atoms with Gasteiger partial charge in [-0.2, -0.15) is 4.31 Å². The fourth-order valence-corrected chi connectivity index (χ4v) is 6.19. The van der Waals surface area contributed by atoms with Crippen molar-refractivity contribution in [3.8, 4) is 12.3 Å². The Morgan fingerprint density at radius 2 is 1.88 bits per heavy atom. The first-order valence-electron chi connectivity index (χ1n) is 10.9. The largest absolute Gasteiger partial charge is 0.394 e. The Morgan fingerprint density at radius 1 is 1.21 bits per heavy atom. The van der Waals surface area contributed by atoms with E-state index in [1.807, 2.05) is 0 Å². The second-order valence-corrected chi connectivity index (χ2v) is 10.9. The topological polar surface area (TPSA) is 87.1 Å². The van der Waals surface area contributed by atoms with Gasteiger partial charge in [-0.3, -0.25) is 0 Å². The molecule has 1 fully saturated rings. The molecule has 184 valence electrons. The number of halogens is 2. The molecule has 0 spiro atoms. The number of hydrogen-bond donors (Lipinski definition) is 2. The molecule has 3 atom stereocenters. The molecule has 1 aliphatic heterocycles. The molecule has 2 aromatic rings. The molecule has 1 heterocycles. The van der Waals surface area contributed by atoms with Crippen LogP contribution < -0.4 is 0 Å². The predicted molar refractivity (Wildman–Crippen MR) is 124 cm³/mol. The lowest BCUT2D eigenvalue weighted by Crippen LogP contribution is -2.45. The smallest absolute Gasteiger partial charge is 0.222 e. The molecule has 1 aliphatic rings. The van der Waals surface area contributed by atoms with Crippen LogP contribution in [0.3, 0.4) is 0 Å². The van der Waals surface area contributed by atoms with Gasteiger partial charge in [-0.25, -0.2) is 17.2 Å². The second-order valence-electron chi connectivity index (χ2n) is 8.83. The number of benzene rings is 2. The van der Waals surface area contributed by atoms with Crippen LogP contribution in [0.4, 0.5) is 8.78 Å². The summed E-state index contributed by atoms with van der Waals surface area (Å²) in [5.74, 6) is 0.883. The SMILES string of the molecule is C#C[C@H]1CC[C@H](c2ccccc2)S(=O)(=O)N1Cc1cc(F)c(C(C)(C)OC[C@H](O)CO)cc1F. The van der Waals surface area contributed by atoms with Crippen LogP contribution in [0.15, 0.2) is 42.5 Å². The summed E-state index contributed by atoms with van der Waals surface area (Å²) >= 11 is 0. The summed E-state index contributed by atoms with van der Waals surface area (Å²) in [4.78, 5) is 0. The highest BCUT2D eigenvalue weighted by Gasteiger charge is 2.42. The lowest BCUT2D eigenvalue weighted by molar-refractivity contribution is -0.0756. The molecule has 0 unspecified atom stereocenters. The molecule has 0 aromatic heterocycles. The van der Waals surface area contributed by atoms with Gasteiger partial charge in [-0.1, -0.05) is 36.3 Å². The first-order chi connectivity index (χ1) is 16.0. The van der Waals surface area contributed by atoms with E-state index in [2.05, 4.69) is 5.92 Å². The molecule has 0 aliphatic carbocycles. The normalized spacial score (nSPS) is 21.7. The van der Waals surface area contributed by atoms with Gasteiger partial charge in [0.05, 0.1) is 24.9 Å². The van der Waals surface area contributed by atoms with Crippen LogP contribution in [-0.4, -0.2) is 48.3 Å². The van der Waals surface area contributed by atoms with Gasteiger partial charge in [0.1, 0.15) is 23.0 Å². The Kier molecular flexibility index (Phi) is 8.11. The first kappa shape index (κ1) is 26.3. The minimum absolute atomic E-state index is 0.101. The van der Waals surface area contributed by atoms with E-state index in [0.29, 0.717) is 18.4 Å². The van der Waals surface area contributed by atoms with Crippen LogP contribution in [0.25, 0.3) is 0 Å². The molecule has 0 bridgehead atoms. The van der Waals surface area contributed by atoms with Crippen molar-refractivity contribution < 1.29 is 32.1 Å². The summed E-state index contributed by atoms with van der Waals surface area (Å²) in [6.45, 7) is 1.79. The molecule has 0 saturated carbocycles. The van der Waals surface area contributed by atoms with Gasteiger partial charge in [0.15, 0.2) is 0 Å². The Hall–Kier alpha value is -2.35. The van der Waals surface area contributed by atoms with Crippen molar-refractivity contribution in [1.82, 2.24) is 4.31 Å². The molecule has 3 rings (SSSR count). The van der Waals surface area contributed by atoms with Crippen molar-refractivity contribution >= 4 is 10.0 Å². The van der Waals surface area contributed by atoms with Crippen LogP contribution in [0.5, 0.6) is 0 Å². The zero-order chi connectivity index (χ0) is 25.1. The Morgan fingerprint density at radius 3 is 2.50 bits per heavy atom. The number of nitrogens with zero attached hydrogens (tertiary/aromatic N) is 1. The second kappa shape index (κ2) is 10.5. The lowest BCUT2D eigenvalue weighted by Gasteiger charge is -2.37. The summed E-state index contributed by atoms with van der Waals surface area (Å²) in [6.07, 6.45) is 5.16. The van der Waals surface area contributed by atoms with Gasteiger partial charge in [-0.15, -0.1) is 6.42 Å². The highest BCUT2D eigenvalue weighted by Crippen LogP contribution is 2.38. The summed E-state index contributed by atoms with van der Waals surface area (Å²) in [7, 11) is -3.94. The van der Waals surface area contributed by atoms with E-state index in [4.69, 9.17) is 16.3 Å². The number of ether oxygens (including phenoxy) is 1. The van der Waals surface area contributed by atoms with Crippen LogP contribution >= 0.6 is 0 Å². The van der Waals surface area contributed by atoms with Crippen molar-refractivity contribution in [3.63, 3.8) is 0 Å². The van der Waals surface area contributed by atoms with Crippen molar-refractivity contribution in [1.29, 1.82) is 0 Å². The summed E-state index contributed by atoms with van der Waals surface area (Å²) in [6, 6.07) is 9.88. The van der Waals surface area contributed by atoms with E-state index in [0.717, 1.165) is 16.4 Å². The average molecular weight is 494 g/mol. The maximum absolute atomic E-state index is 15.1. The Balaban J connectivity index is 1.91. The van der Waals surface area contributed by atoms with Crippen molar-refractivity contribution in [2.75, 3.05) is 13.2 Å². The molecule has 1 saturated heterocycles. The minimum Gasteiger partial charge on any atom is -0.394 e. The summed E-state index contributed by atoms with van der Waals surface area (Å²) < 4.78 is 63.6. The summed E-state index contributed by atoms with van der Waals surface area (Å²) in [5, 5.41) is 17.6. The van der Waals surface area contributed by atoms with Crippen molar-refractivity contribution in [3.05, 3.63) is 70.8 Å². The van der Waals surface area contributed by atoms with E-state index < -0.39 is 57.8 Å². The van der Waals surface area contributed by atoms with E-state index in [1.54, 1.807) is 30.3 Å². The zero-order valence-corrected chi connectivity index (χ0v) is 19.9. The fourth-order valence-electron chi connectivity index (χ4n) is 4.09. The third kappa shape index (κ3) is 5.48. The van der Waals surface area contributed by atoms with Gasteiger partial charge < -0.3 is 14.9 Å². The third-order valence-corrected chi connectivity index (χ3v) is 8.32. The lowest BCUT2D eigenvalue weighted by atomic mass is 9.95. The van der Waals surface area contributed by atoms with Gasteiger partial charge >= 0.3 is 0 Å². The highest BCUT2D eigenvalue weighted by atomic mass is 32.2. The molecule has 0 amide bonds. The number of terminal acetylenes is 1. The van der Waals surface area contributed by atoms with Gasteiger partial charge in [0, 0.05) is 17.7 Å². The standard InChI is InChI=1S/C25H29F2NO5S/c1-4-19-10-11-24(17-8-6-5-7-9-17)34(31,32)28(19)14-18-12-23(27)21(13-22(18)26)25(2,3)33-16-20(30)15-29/h1,5-9,12-13,19-20,24,29-30H,10-11,14-16H2,2-3H3/t19-,20+,24+/m0/s1. The van der Waals surface area contributed by atoms with Crippen LogP contribution in [0, 0.1) is 24.0 Å². The molecular weight excluding hydrogens is 464 g/mol. The maximum Gasteiger partial charge on any atom is 0.222 e. The van der Waals surface area contributed by atoms with E-state index in [9.17, 15) is 13.5 Å². The number of hydrogen-bond acceptors (Lipinski definition) is 5. The van der Waals surface area contributed by atoms with Crippen LogP contribution in [0.1, 0.15) is 48.6 Å². The number of aliphatic hydroxyl groups is 2. The predicted octanol–water partition coefficient (Wildman–Crippen LogP) is 3.24. The Bertz CT molecular complexity index is 1150. The fraction of sp³-hybridized carbons (Fsp3) is 0.440. The minimum atomic E-state index is -3.94. The molecule has 0 radical (unpaired) electrons. The third-order valence-electron chi connectivity index (χ3n) is 6.06. The van der Waals surface area contributed by atoms with Gasteiger partial charge in [0.25, 0.3) is 0 Å². The molecule has 6 nitrogen and oxygen atoms in total. The Labute approximate surface area is 199 Å². The van der Waals surface area contributed by atoms with E-state index >= 15 is 8.78 Å². The average Bonchev–Trinajstić information content (AvgIpc) is 2.80. The van der Waals surface area contributed by atoms with Gasteiger partial charge in [0.2, 0.25) is 10.0 Å². The van der Waals surface area contributed by atoms with Crippen LogP contribution in [-0.2, 0) is 26.9 Å². The van der Waals surface area contributed by atoms with Crippen molar-refractivity contribution in [2.24, 2.45) is 0 Å². The molecule has 2 aromatic carbocycles. The van der Waals surface area contributed by atoms with E-state index in [1.165, 1.54) is 13.8 Å². The molecule has 9 heteroatoms.